The first-order valence-electron chi connectivity index (χ1n) is 10.9. The summed E-state index contributed by atoms with van der Waals surface area (Å²) in [6.45, 7) is 4.75. The second kappa shape index (κ2) is 12.2. The number of para-hydroxylation sites is 2. The maximum Gasteiger partial charge on any atom is 0.315 e. The molecule has 0 saturated carbocycles. The van der Waals surface area contributed by atoms with Gasteiger partial charge >= 0.3 is 6.03 Å². The predicted molar refractivity (Wildman–Crippen MR) is 126 cm³/mol. The number of hydrogen-bond acceptors (Lipinski definition) is 5. The van der Waals surface area contributed by atoms with Crippen molar-refractivity contribution in [2.45, 2.75) is 20.4 Å². The van der Waals surface area contributed by atoms with E-state index in [2.05, 4.69) is 20.9 Å². The van der Waals surface area contributed by atoms with Crippen molar-refractivity contribution in [3.8, 4) is 17.4 Å². The third-order valence-electron chi connectivity index (χ3n) is 4.74. The molecule has 1 heterocycles. The van der Waals surface area contributed by atoms with Crippen LogP contribution in [0.2, 0.25) is 0 Å². The number of rotatable bonds is 10. The number of carbonyl (C=O) groups excluding carboxylic acids is 2. The SMILES string of the molecule is CCOc1ccccc1Oc1ccc(CNC(=O)NCCNC(=O)c2ccc(C)c(F)c2)cn1. The van der Waals surface area contributed by atoms with Gasteiger partial charge in [-0.25, -0.2) is 14.2 Å². The molecule has 0 aliphatic rings. The zero-order chi connectivity index (χ0) is 24.3. The molecule has 0 unspecified atom stereocenters. The van der Waals surface area contributed by atoms with Crippen molar-refractivity contribution in [1.82, 2.24) is 20.9 Å². The van der Waals surface area contributed by atoms with Crippen LogP contribution in [-0.4, -0.2) is 36.6 Å². The molecule has 2 aromatic carbocycles. The second-order valence-corrected chi connectivity index (χ2v) is 7.32. The van der Waals surface area contributed by atoms with Gasteiger partial charge in [0.2, 0.25) is 5.88 Å². The second-order valence-electron chi connectivity index (χ2n) is 7.32. The Morgan fingerprint density at radius 2 is 1.74 bits per heavy atom. The molecule has 1 aromatic heterocycles. The molecule has 9 heteroatoms. The minimum absolute atomic E-state index is 0.207. The Morgan fingerprint density at radius 3 is 2.44 bits per heavy atom. The molecule has 178 valence electrons. The molecule has 3 amide bonds. The van der Waals surface area contributed by atoms with E-state index in [-0.39, 0.29) is 31.2 Å². The fourth-order valence-corrected chi connectivity index (χ4v) is 2.93. The lowest BCUT2D eigenvalue weighted by Crippen LogP contribution is -2.40. The zero-order valence-electron chi connectivity index (χ0n) is 19.1. The monoisotopic (exact) mass is 466 g/mol. The number of pyridine rings is 1. The van der Waals surface area contributed by atoms with Crippen LogP contribution in [-0.2, 0) is 6.54 Å². The van der Waals surface area contributed by atoms with Crippen molar-refractivity contribution < 1.29 is 23.5 Å². The van der Waals surface area contributed by atoms with Crippen molar-refractivity contribution >= 4 is 11.9 Å². The topological polar surface area (TPSA) is 102 Å². The molecule has 0 fully saturated rings. The van der Waals surface area contributed by atoms with Crippen LogP contribution in [0.1, 0.15) is 28.4 Å². The summed E-state index contributed by atoms with van der Waals surface area (Å²) in [6, 6.07) is 14.7. The minimum Gasteiger partial charge on any atom is -0.490 e. The highest BCUT2D eigenvalue weighted by molar-refractivity contribution is 5.94. The van der Waals surface area contributed by atoms with Crippen LogP contribution in [0.5, 0.6) is 17.4 Å². The number of halogens is 1. The number of aryl methyl sites for hydroxylation is 1. The summed E-state index contributed by atoms with van der Waals surface area (Å²) < 4.78 is 24.9. The van der Waals surface area contributed by atoms with Crippen LogP contribution in [0, 0.1) is 12.7 Å². The standard InChI is InChI=1S/C25H27FN4O4/c1-3-33-21-6-4-5-7-22(21)34-23-11-9-18(15-29-23)16-30-25(32)28-13-12-27-24(31)19-10-8-17(2)20(26)14-19/h4-11,14-15H,3,12-13,16H2,1-2H3,(H,27,31)(H2,28,30,32). The van der Waals surface area contributed by atoms with Gasteiger partial charge in [-0.15, -0.1) is 0 Å². The number of benzene rings is 2. The lowest BCUT2D eigenvalue weighted by atomic mass is 10.1. The molecule has 3 aromatic rings. The molecule has 3 rings (SSSR count). The van der Waals surface area contributed by atoms with Crippen molar-refractivity contribution in [1.29, 1.82) is 0 Å². The zero-order valence-corrected chi connectivity index (χ0v) is 19.1. The van der Waals surface area contributed by atoms with Crippen LogP contribution >= 0.6 is 0 Å². The van der Waals surface area contributed by atoms with E-state index in [0.717, 1.165) is 5.56 Å². The number of amides is 3. The summed E-state index contributed by atoms with van der Waals surface area (Å²) in [5, 5.41) is 7.99. The fraction of sp³-hybridized carbons (Fsp3) is 0.240. The highest BCUT2D eigenvalue weighted by atomic mass is 19.1. The lowest BCUT2D eigenvalue weighted by Gasteiger charge is -2.11. The van der Waals surface area contributed by atoms with E-state index in [1.807, 2.05) is 25.1 Å². The molecule has 8 nitrogen and oxygen atoms in total. The summed E-state index contributed by atoms with van der Waals surface area (Å²) in [7, 11) is 0. The Kier molecular flexibility index (Phi) is 8.79. The van der Waals surface area contributed by atoms with Gasteiger partial charge in [0.05, 0.1) is 6.61 Å². The Bertz CT molecular complexity index is 1120. The van der Waals surface area contributed by atoms with Crippen LogP contribution in [0.3, 0.4) is 0 Å². The molecular weight excluding hydrogens is 439 g/mol. The number of aromatic nitrogens is 1. The van der Waals surface area contributed by atoms with Gasteiger partial charge in [0.25, 0.3) is 5.91 Å². The first-order valence-corrected chi connectivity index (χ1v) is 10.9. The van der Waals surface area contributed by atoms with Crippen LogP contribution < -0.4 is 25.4 Å². The van der Waals surface area contributed by atoms with Crippen molar-refractivity contribution in [3.05, 3.63) is 83.3 Å². The summed E-state index contributed by atoms with van der Waals surface area (Å²) in [5.41, 5.74) is 1.49. The molecule has 0 aliphatic carbocycles. The van der Waals surface area contributed by atoms with Crippen molar-refractivity contribution in [2.75, 3.05) is 19.7 Å². The van der Waals surface area contributed by atoms with Gasteiger partial charge in [-0.1, -0.05) is 24.3 Å². The highest BCUT2D eigenvalue weighted by Crippen LogP contribution is 2.30. The van der Waals surface area contributed by atoms with Gasteiger partial charge in [-0.05, 0) is 49.2 Å². The smallest absolute Gasteiger partial charge is 0.315 e. The third-order valence-corrected chi connectivity index (χ3v) is 4.74. The largest absolute Gasteiger partial charge is 0.490 e. The van der Waals surface area contributed by atoms with E-state index in [1.165, 1.54) is 6.07 Å². The van der Waals surface area contributed by atoms with E-state index >= 15 is 0 Å². The predicted octanol–water partition coefficient (Wildman–Crippen LogP) is 3.95. The molecular formula is C25H27FN4O4. The Hall–Kier alpha value is -4.14. The number of ether oxygens (including phenoxy) is 2. The first kappa shape index (κ1) is 24.5. The number of hydrogen-bond donors (Lipinski definition) is 3. The van der Waals surface area contributed by atoms with Gasteiger partial charge in [-0.3, -0.25) is 4.79 Å². The van der Waals surface area contributed by atoms with E-state index in [0.29, 0.717) is 29.5 Å². The summed E-state index contributed by atoms with van der Waals surface area (Å²) in [5.74, 6) is 0.774. The van der Waals surface area contributed by atoms with E-state index in [4.69, 9.17) is 9.47 Å². The number of nitrogens with one attached hydrogen (secondary N) is 3. The minimum atomic E-state index is -0.436. The summed E-state index contributed by atoms with van der Waals surface area (Å²) >= 11 is 0. The maximum atomic E-state index is 13.6. The molecule has 0 saturated heterocycles. The van der Waals surface area contributed by atoms with Gasteiger partial charge in [-0.2, -0.15) is 0 Å². The first-order chi connectivity index (χ1) is 16.5. The van der Waals surface area contributed by atoms with E-state index in [1.54, 1.807) is 43.5 Å². The Balaban J connectivity index is 1.38. The third kappa shape index (κ3) is 7.19. The Labute approximate surface area is 197 Å². The average Bonchev–Trinajstić information content (AvgIpc) is 2.84. The molecule has 0 atom stereocenters. The van der Waals surface area contributed by atoms with E-state index < -0.39 is 11.7 Å². The summed E-state index contributed by atoms with van der Waals surface area (Å²) in [4.78, 5) is 28.3. The van der Waals surface area contributed by atoms with Gasteiger partial charge in [0, 0.05) is 37.5 Å². The quantitative estimate of drug-likeness (QED) is 0.393. The van der Waals surface area contributed by atoms with Crippen LogP contribution in [0.15, 0.2) is 60.8 Å². The number of carbonyl (C=O) groups is 2. The molecule has 34 heavy (non-hydrogen) atoms. The van der Waals surface area contributed by atoms with Gasteiger partial charge in [0.15, 0.2) is 11.5 Å². The maximum absolute atomic E-state index is 13.6. The van der Waals surface area contributed by atoms with Crippen molar-refractivity contribution in [2.24, 2.45) is 0 Å². The lowest BCUT2D eigenvalue weighted by molar-refractivity contribution is 0.0953. The number of nitrogens with zero attached hydrogens (tertiary/aromatic N) is 1. The molecule has 0 spiro atoms. The van der Waals surface area contributed by atoms with Crippen LogP contribution in [0.25, 0.3) is 0 Å². The van der Waals surface area contributed by atoms with Crippen molar-refractivity contribution in [3.63, 3.8) is 0 Å². The molecule has 0 radical (unpaired) electrons. The average molecular weight is 467 g/mol. The number of urea groups is 1. The molecule has 0 aliphatic heterocycles. The normalized spacial score (nSPS) is 10.3. The van der Waals surface area contributed by atoms with Gasteiger partial charge in [0.1, 0.15) is 5.82 Å². The molecule has 3 N–H and O–H groups in total. The van der Waals surface area contributed by atoms with Gasteiger partial charge < -0.3 is 25.4 Å². The van der Waals surface area contributed by atoms with Crippen LogP contribution in [0.4, 0.5) is 9.18 Å². The fourth-order valence-electron chi connectivity index (χ4n) is 2.93. The van der Waals surface area contributed by atoms with E-state index in [9.17, 15) is 14.0 Å². The highest BCUT2D eigenvalue weighted by Gasteiger charge is 2.09. The summed E-state index contributed by atoms with van der Waals surface area (Å²) in [6.07, 6.45) is 1.61. The Morgan fingerprint density at radius 1 is 0.971 bits per heavy atom. The molecule has 0 bridgehead atoms.